The van der Waals surface area contributed by atoms with Gasteiger partial charge in [0.1, 0.15) is 0 Å². The van der Waals surface area contributed by atoms with E-state index in [1.54, 1.807) is 0 Å². The number of hydrogen-bond donors (Lipinski definition) is 0. The Balaban J connectivity index is 2.10. The van der Waals surface area contributed by atoms with E-state index in [1.807, 2.05) is 20.8 Å². The molecule has 1 aliphatic rings. The molecular formula is C16H34NO5Si. The van der Waals surface area contributed by atoms with Gasteiger partial charge >= 0.3 is 8.80 Å². The van der Waals surface area contributed by atoms with Gasteiger partial charge in [0.25, 0.3) is 0 Å². The molecule has 1 radical (unpaired) electrons. The Bertz CT molecular complexity index is 260. The predicted octanol–water partition coefficient (Wildman–Crippen LogP) is 1.98. The van der Waals surface area contributed by atoms with E-state index in [-0.39, 0.29) is 0 Å². The zero-order chi connectivity index (χ0) is 16.8. The second kappa shape index (κ2) is 13.3. The maximum Gasteiger partial charge on any atom is 0.501 e. The van der Waals surface area contributed by atoms with Crippen molar-refractivity contribution in [2.45, 2.75) is 33.2 Å². The van der Waals surface area contributed by atoms with Crippen LogP contribution < -0.4 is 0 Å². The van der Waals surface area contributed by atoms with E-state index in [1.165, 1.54) is 0 Å². The number of hydrogen-bond acceptors (Lipinski definition) is 6. The average Bonchev–Trinajstić information content (AvgIpc) is 2.56. The summed E-state index contributed by atoms with van der Waals surface area (Å²) >= 11 is 0. The summed E-state index contributed by atoms with van der Waals surface area (Å²) in [7, 11) is -2.50. The van der Waals surface area contributed by atoms with Crippen LogP contribution in [0.1, 0.15) is 27.2 Å². The van der Waals surface area contributed by atoms with Crippen LogP contribution in [0.5, 0.6) is 0 Å². The highest BCUT2D eigenvalue weighted by Gasteiger charge is 2.39. The van der Waals surface area contributed by atoms with Crippen molar-refractivity contribution in [3.63, 3.8) is 0 Å². The first-order valence-electron chi connectivity index (χ1n) is 8.87. The lowest BCUT2D eigenvalue weighted by molar-refractivity contribution is 0.0390. The molecular weight excluding hydrogens is 314 g/mol. The summed E-state index contributed by atoms with van der Waals surface area (Å²) in [5, 5.41) is 0. The smallest absolute Gasteiger partial charge is 0.381 e. The molecule has 0 aromatic heterocycles. The zero-order valence-corrected chi connectivity index (χ0v) is 16.1. The molecule has 6 nitrogen and oxygen atoms in total. The number of morpholine rings is 1. The topological polar surface area (TPSA) is 49.4 Å². The lowest BCUT2D eigenvalue weighted by Crippen LogP contribution is -2.46. The zero-order valence-electron chi connectivity index (χ0n) is 15.1. The van der Waals surface area contributed by atoms with Gasteiger partial charge in [-0.3, -0.25) is 4.90 Å². The van der Waals surface area contributed by atoms with Gasteiger partial charge in [0, 0.05) is 58.5 Å². The maximum absolute atomic E-state index is 5.83. The first-order chi connectivity index (χ1) is 11.3. The molecule has 0 bridgehead atoms. The molecule has 0 unspecified atom stereocenters. The molecule has 0 aromatic carbocycles. The SMILES string of the molecule is CCO[Si](CCCOC[CH]CN1CCOCC1)(OCC)OCC. The van der Waals surface area contributed by atoms with Crippen LogP contribution in [0.2, 0.25) is 6.04 Å². The molecule has 0 atom stereocenters. The van der Waals surface area contributed by atoms with E-state index in [2.05, 4.69) is 11.3 Å². The van der Waals surface area contributed by atoms with Crippen molar-refractivity contribution in [1.29, 1.82) is 0 Å². The summed E-state index contributed by atoms with van der Waals surface area (Å²) in [6, 6.07) is 0.811. The van der Waals surface area contributed by atoms with Crippen LogP contribution in [0.15, 0.2) is 0 Å². The highest BCUT2D eigenvalue weighted by atomic mass is 28.4. The molecule has 1 rings (SSSR count). The molecule has 7 heteroatoms. The van der Waals surface area contributed by atoms with Crippen molar-refractivity contribution in [3.8, 4) is 0 Å². The van der Waals surface area contributed by atoms with Gasteiger partial charge in [0.2, 0.25) is 0 Å². The van der Waals surface area contributed by atoms with Crippen LogP contribution in [0.3, 0.4) is 0 Å². The normalized spacial score (nSPS) is 16.8. The Morgan fingerprint density at radius 1 is 1.00 bits per heavy atom. The molecule has 0 spiro atoms. The van der Waals surface area contributed by atoms with Gasteiger partial charge in [0.05, 0.1) is 19.8 Å². The molecule has 1 aliphatic heterocycles. The first-order valence-corrected chi connectivity index (χ1v) is 10.8. The Labute approximate surface area is 142 Å². The predicted molar refractivity (Wildman–Crippen MR) is 92.4 cm³/mol. The van der Waals surface area contributed by atoms with Crippen molar-refractivity contribution in [3.05, 3.63) is 6.42 Å². The van der Waals surface area contributed by atoms with Crippen molar-refractivity contribution >= 4 is 8.80 Å². The quantitative estimate of drug-likeness (QED) is 0.353. The molecule has 1 saturated heterocycles. The number of rotatable bonds is 14. The third kappa shape index (κ3) is 9.14. The summed E-state index contributed by atoms with van der Waals surface area (Å²) in [6.45, 7) is 13.9. The fourth-order valence-corrected chi connectivity index (χ4v) is 5.16. The van der Waals surface area contributed by atoms with E-state index >= 15 is 0 Å². The van der Waals surface area contributed by atoms with Gasteiger partial charge in [-0.15, -0.1) is 0 Å². The maximum atomic E-state index is 5.83. The lowest BCUT2D eigenvalue weighted by atomic mass is 10.3. The number of ether oxygens (including phenoxy) is 2. The minimum absolute atomic E-state index is 0.625. The second-order valence-corrected chi connectivity index (χ2v) is 8.09. The second-order valence-electron chi connectivity index (χ2n) is 5.36. The van der Waals surface area contributed by atoms with Crippen molar-refractivity contribution in [2.75, 3.05) is 65.9 Å². The summed E-state index contributed by atoms with van der Waals surface area (Å²) < 4.78 is 28.5. The van der Waals surface area contributed by atoms with Gasteiger partial charge in [0.15, 0.2) is 0 Å². The Morgan fingerprint density at radius 2 is 1.61 bits per heavy atom. The monoisotopic (exact) mass is 348 g/mol. The molecule has 23 heavy (non-hydrogen) atoms. The van der Waals surface area contributed by atoms with E-state index in [0.717, 1.165) is 45.3 Å². The van der Waals surface area contributed by atoms with E-state index in [9.17, 15) is 0 Å². The van der Waals surface area contributed by atoms with Crippen LogP contribution in [-0.2, 0) is 22.8 Å². The van der Waals surface area contributed by atoms with E-state index < -0.39 is 8.80 Å². The van der Waals surface area contributed by atoms with E-state index in [4.69, 9.17) is 22.8 Å². The minimum Gasteiger partial charge on any atom is -0.381 e. The summed E-state index contributed by atoms with van der Waals surface area (Å²) in [5.74, 6) is 0. The fourth-order valence-electron chi connectivity index (χ4n) is 2.58. The highest BCUT2D eigenvalue weighted by Crippen LogP contribution is 2.18. The summed E-state index contributed by atoms with van der Waals surface area (Å²) in [4.78, 5) is 2.38. The Kier molecular flexibility index (Phi) is 12.1. The molecule has 1 fully saturated rings. The van der Waals surface area contributed by atoms with Gasteiger partial charge in [-0.2, -0.15) is 0 Å². The lowest BCUT2D eigenvalue weighted by Gasteiger charge is -2.28. The average molecular weight is 349 g/mol. The van der Waals surface area contributed by atoms with Gasteiger partial charge in [-0.1, -0.05) is 0 Å². The summed E-state index contributed by atoms with van der Waals surface area (Å²) in [5.41, 5.74) is 0. The minimum atomic E-state index is -2.50. The molecule has 0 saturated carbocycles. The fraction of sp³-hybridized carbons (Fsp3) is 0.938. The molecule has 137 valence electrons. The van der Waals surface area contributed by atoms with Crippen LogP contribution in [0, 0.1) is 6.42 Å². The van der Waals surface area contributed by atoms with E-state index in [0.29, 0.717) is 33.0 Å². The third-order valence-corrected chi connectivity index (χ3v) is 6.74. The van der Waals surface area contributed by atoms with Crippen molar-refractivity contribution < 1.29 is 22.8 Å². The molecule has 0 amide bonds. The number of nitrogens with zero attached hydrogens (tertiary/aromatic N) is 1. The van der Waals surface area contributed by atoms with Crippen LogP contribution >= 0.6 is 0 Å². The van der Waals surface area contributed by atoms with Crippen LogP contribution in [0.4, 0.5) is 0 Å². The van der Waals surface area contributed by atoms with Crippen LogP contribution in [-0.4, -0.2) is 79.6 Å². The molecule has 0 aliphatic carbocycles. The van der Waals surface area contributed by atoms with Gasteiger partial charge < -0.3 is 22.8 Å². The molecule has 0 aromatic rings. The van der Waals surface area contributed by atoms with Crippen molar-refractivity contribution in [2.24, 2.45) is 0 Å². The van der Waals surface area contributed by atoms with Gasteiger partial charge in [-0.05, 0) is 27.2 Å². The molecule has 0 N–H and O–H groups in total. The summed E-state index contributed by atoms with van der Waals surface area (Å²) in [6.07, 6.45) is 3.08. The van der Waals surface area contributed by atoms with Crippen LogP contribution in [0.25, 0.3) is 0 Å². The Hall–Kier alpha value is -0.0231. The standard InChI is InChI=1S/C16H34NO5Si/c1-4-20-23(21-5-2,22-6-3)16-8-13-18-12-7-9-17-10-14-19-15-11-17/h7H,4-6,8-16H2,1-3H3. The Morgan fingerprint density at radius 3 is 2.17 bits per heavy atom. The van der Waals surface area contributed by atoms with Gasteiger partial charge in [-0.25, -0.2) is 0 Å². The van der Waals surface area contributed by atoms with Crippen molar-refractivity contribution in [1.82, 2.24) is 4.90 Å². The molecule has 1 heterocycles. The largest absolute Gasteiger partial charge is 0.501 e. The highest BCUT2D eigenvalue weighted by molar-refractivity contribution is 6.60. The first kappa shape index (κ1) is 21.0. The third-order valence-electron chi connectivity index (χ3n) is 3.59.